The molecule has 8 heteroatoms. The number of alkyl halides is 3. The van der Waals surface area contributed by atoms with Gasteiger partial charge in [0.05, 0.1) is 12.1 Å². The van der Waals surface area contributed by atoms with E-state index in [4.69, 9.17) is 14.7 Å². The lowest BCUT2D eigenvalue weighted by atomic mass is 10.2. The topological polar surface area (TPSA) is 67.2 Å². The molecule has 1 rings (SSSR count). The molecule has 0 saturated carbocycles. The molecule has 0 bridgehead atoms. The van der Waals surface area contributed by atoms with Crippen LogP contribution in [0.5, 0.6) is 0 Å². The number of hydrogen-bond donors (Lipinski definition) is 1. The number of rotatable bonds is 5. The van der Waals surface area contributed by atoms with Crippen LogP contribution in [-0.2, 0) is 15.7 Å². The lowest BCUT2D eigenvalue weighted by molar-refractivity contribution is -0.141. The van der Waals surface area contributed by atoms with Gasteiger partial charge in [-0.05, 0) is 12.1 Å². The van der Waals surface area contributed by atoms with Crippen LogP contribution in [0.1, 0.15) is 11.3 Å². The number of nitrogens with zero attached hydrogens (tertiary/aromatic N) is 2. The zero-order chi connectivity index (χ0) is 14.5. The molecule has 0 spiro atoms. The Labute approximate surface area is 108 Å². The van der Waals surface area contributed by atoms with E-state index in [2.05, 4.69) is 10.3 Å². The van der Waals surface area contributed by atoms with Crippen molar-refractivity contribution in [1.29, 1.82) is 5.26 Å². The van der Waals surface area contributed by atoms with Crippen molar-refractivity contribution in [3.63, 3.8) is 0 Å². The first kappa shape index (κ1) is 15.2. The fourth-order valence-corrected chi connectivity index (χ4v) is 1.28. The largest absolute Gasteiger partial charge is 0.433 e. The molecule has 104 valence electrons. The molecule has 0 amide bonds. The fourth-order valence-electron chi connectivity index (χ4n) is 1.28. The van der Waals surface area contributed by atoms with Crippen LogP contribution in [0, 0.1) is 11.3 Å². The maximum Gasteiger partial charge on any atom is 0.433 e. The summed E-state index contributed by atoms with van der Waals surface area (Å²) in [4.78, 5) is 3.39. The van der Waals surface area contributed by atoms with Gasteiger partial charge in [0.2, 0.25) is 0 Å². The minimum atomic E-state index is -4.56. The molecular weight excluding hydrogens is 263 g/mol. The monoisotopic (exact) mass is 275 g/mol. The van der Waals surface area contributed by atoms with E-state index in [1.807, 2.05) is 0 Å². The van der Waals surface area contributed by atoms with Crippen molar-refractivity contribution in [2.45, 2.75) is 12.5 Å². The summed E-state index contributed by atoms with van der Waals surface area (Å²) in [5.41, 5.74) is -1.06. The summed E-state index contributed by atoms with van der Waals surface area (Å²) in [6.45, 7) is 0.0655. The Morgan fingerprint density at radius 1 is 1.37 bits per heavy atom. The number of halogens is 3. The van der Waals surface area contributed by atoms with Crippen LogP contribution in [0.2, 0.25) is 0 Å². The average molecular weight is 275 g/mol. The highest BCUT2D eigenvalue weighted by molar-refractivity contribution is 5.52. The van der Waals surface area contributed by atoms with Crippen LogP contribution < -0.4 is 5.32 Å². The smallest absolute Gasteiger partial charge is 0.364 e. The van der Waals surface area contributed by atoms with Crippen LogP contribution in [0.25, 0.3) is 0 Å². The Bertz CT molecular complexity index is 467. The van der Waals surface area contributed by atoms with Crippen LogP contribution >= 0.6 is 0 Å². The fraction of sp³-hybridized carbons (Fsp3) is 0.455. The first-order chi connectivity index (χ1) is 8.92. The summed E-state index contributed by atoms with van der Waals surface area (Å²) in [6.07, 6.45) is -5.21. The van der Waals surface area contributed by atoms with Gasteiger partial charge >= 0.3 is 6.18 Å². The minimum Gasteiger partial charge on any atom is -0.364 e. The number of aromatic nitrogens is 1. The van der Waals surface area contributed by atoms with Crippen LogP contribution in [0.4, 0.5) is 19.0 Å². The van der Waals surface area contributed by atoms with Gasteiger partial charge in [-0.25, -0.2) is 4.98 Å². The molecule has 0 aliphatic carbocycles. The summed E-state index contributed by atoms with van der Waals surface area (Å²) in [5, 5.41) is 11.4. The third-order valence-electron chi connectivity index (χ3n) is 2.27. The second-order valence-corrected chi connectivity index (χ2v) is 3.48. The van der Waals surface area contributed by atoms with Crippen molar-refractivity contribution in [1.82, 2.24) is 4.98 Å². The Balaban J connectivity index is 2.94. The van der Waals surface area contributed by atoms with Crippen LogP contribution in [0.15, 0.2) is 12.1 Å². The maximum absolute atomic E-state index is 12.5. The zero-order valence-electron chi connectivity index (χ0n) is 10.3. The van der Waals surface area contributed by atoms with Gasteiger partial charge in [-0.1, -0.05) is 0 Å². The number of nitrogens with one attached hydrogen (secondary N) is 1. The molecule has 0 saturated heterocycles. The molecule has 0 atom stereocenters. The molecule has 0 aliphatic heterocycles. The van der Waals surface area contributed by atoms with Gasteiger partial charge in [0, 0.05) is 14.2 Å². The molecule has 1 N–H and O–H groups in total. The molecule has 1 aromatic rings. The summed E-state index contributed by atoms with van der Waals surface area (Å²) in [5.74, 6) is -0.156. The SMILES string of the molecule is COC(CNc1nc(C(F)(F)F)ccc1C#N)OC. The lowest BCUT2D eigenvalue weighted by Gasteiger charge is -2.16. The highest BCUT2D eigenvalue weighted by atomic mass is 19.4. The maximum atomic E-state index is 12.5. The Morgan fingerprint density at radius 2 is 2.00 bits per heavy atom. The molecule has 1 aromatic heterocycles. The van der Waals surface area contributed by atoms with E-state index >= 15 is 0 Å². The molecule has 0 unspecified atom stereocenters. The van der Waals surface area contributed by atoms with E-state index in [1.54, 1.807) is 6.07 Å². The summed E-state index contributed by atoms with van der Waals surface area (Å²) in [7, 11) is 2.78. The molecule has 0 fully saturated rings. The molecule has 1 heterocycles. The molecule has 0 radical (unpaired) electrons. The van der Waals surface area contributed by atoms with Gasteiger partial charge < -0.3 is 14.8 Å². The summed E-state index contributed by atoms with van der Waals surface area (Å²) >= 11 is 0. The minimum absolute atomic E-state index is 0.0129. The Morgan fingerprint density at radius 3 is 2.47 bits per heavy atom. The summed E-state index contributed by atoms with van der Waals surface area (Å²) in [6, 6.07) is 3.58. The van der Waals surface area contributed by atoms with Crippen molar-refractivity contribution >= 4 is 5.82 Å². The quantitative estimate of drug-likeness (QED) is 0.832. The van der Waals surface area contributed by atoms with Crippen molar-refractivity contribution in [3.8, 4) is 6.07 Å². The van der Waals surface area contributed by atoms with Gasteiger partial charge in [-0.2, -0.15) is 18.4 Å². The van der Waals surface area contributed by atoms with E-state index in [0.29, 0.717) is 0 Å². The third-order valence-corrected chi connectivity index (χ3v) is 2.27. The van der Waals surface area contributed by atoms with Crippen molar-refractivity contribution in [3.05, 3.63) is 23.4 Å². The van der Waals surface area contributed by atoms with E-state index in [9.17, 15) is 13.2 Å². The average Bonchev–Trinajstić information content (AvgIpc) is 2.38. The van der Waals surface area contributed by atoms with Gasteiger partial charge in [0.1, 0.15) is 17.6 Å². The molecular formula is C11H12F3N3O2. The highest BCUT2D eigenvalue weighted by Gasteiger charge is 2.33. The molecule has 0 aliphatic rings. The Kier molecular flexibility index (Phi) is 5.09. The standard InChI is InChI=1S/C11H12F3N3O2/c1-18-9(19-2)6-16-10-7(5-15)3-4-8(17-10)11(12,13)14/h3-4,9H,6H2,1-2H3,(H,16,17). The number of hydrogen-bond acceptors (Lipinski definition) is 5. The van der Waals surface area contributed by atoms with Crippen molar-refractivity contribution in [2.24, 2.45) is 0 Å². The second kappa shape index (κ2) is 6.36. The first-order valence-corrected chi connectivity index (χ1v) is 5.20. The predicted octanol–water partition coefficient (Wildman–Crippen LogP) is 2.00. The van der Waals surface area contributed by atoms with Crippen molar-refractivity contribution < 1.29 is 22.6 Å². The first-order valence-electron chi connectivity index (χ1n) is 5.20. The van der Waals surface area contributed by atoms with E-state index in [-0.39, 0.29) is 17.9 Å². The van der Waals surface area contributed by atoms with Gasteiger partial charge in [-0.15, -0.1) is 0 Å². The normalized spacial score (nSPS) is 11.4. The number of pyridine rings is 1. The van der Waals surface area contributed by atoms with Gasteiger partial charge in [-0.3, -0.25) is 0 Å². The number of methoxy groups -OCH3 is 2. The predicted molar refractivity (Wildman–Crippen MR) is 60.2 cm³/mol. The van der Waals surface area contributed by atoms with Gasteiger partial charge in [0.25, 0.3) is 0 Å². The third kappa shape index (κ3) is 4.08. The Hall–Kier alpha value is -1.85. The van der Waals surface area contributed by atoms with Gasteiger partial charge in [0.15, 0.2) is 6.29 Å². The van der Waals surface area contributed by atoms with Crippen LogP contribution in [-0.4, -0.2) is 32.0 Å². The van der Waals surface area contributed by atoms with E-state index < -0.39 is 18.2 Å². The number of nitriles is 1. The molecule has 0 aromatic carbocycles. The summed E-state index contributed by atoms with van der Waals surface area (Å²) < 4.78 is 47.3. The number of anilines is 1. The lowest BCUT2D eigenvalue weighted by Crippen LogP contribution is -2.24. The van der Waals surface area contributed by atoms with E-state index in [1.165, 1.54) is 14.2 Å². The number of ether oxygens (including phenoxy) is 2. The molecule has 5 nitrogen and oxygen atoms in total. The molecule has 19 heavy (non-hydrogen) atoms. The van der Waals surface area contributed by atoms with Crippen LogP contribution in [0.3, 0.4) is 0 Å². The zero-order valence-corrected chi connectivity index (χ0v) is 10.3. The van der Waals surface area contributed by atoms with Crippen molar-refractivity contribution in [2.75, 3.05) is 26.1 Å². The second-order valence-electron chi connectivity index (χ2n) is 3.48. The van der Waals surface area contributed by atoms with E-state index in [0.717, 1.165) is 12.1 Å². The highest BCUT2D eigenvalue weighted by Crippen LogP contribution is 2.29.